The van der Waals surface area contributed by atoms with Gasteiger partial charge in [0.2, 0.25) is 5.91 Å². The highest BCUT2D eigenvalue weighted by molar-refractivity contribution is 5.81. The minimum atomic E-state index is -0.125. The molecule has 2 fully saturated rings. The van der Waals surface area contributed by atoms with Crippen LogP contribution in [-0.2, 0) is 4.79 Å². The van der Waals surface area contributed by atoms with E-state index in [-0.39, 0.29) is 18.1 Å². The molecule has 1 saturated heterocycles. The van der Waals surface area contributed by atoms with Gasteiger partial charge in [-0.2, -0.15) is 0 Å². The second kappa shape index (κ2) is 4.94. The van der Waals surface area contributed by atoms with Crippen molar-refractivity contribution in [2.45, 2.75) is 44.2 Å². The second-order valence-corrected chi connectivity index (χ2v) is 4.74. The maximum absolute atomic E-state index is 11.7. The number of carbonyl (C=O) groups excluding carboxylic acids is 1. The topological polar surface area (TPSA) is 61.4 Å². The first-order chi connectivity index (χ1) is 7.25. The maximum Gasteiger partial charge on any atom is 0.237 e. The zero-order valence-electron chi connectivity index (χ0n) is 9.04. The van der Waals surface area contributed by atoms with Crippen molar-refractivity contribution in [1.82, 2.24) is 10.6 Å². The van der Waals surface area contributed by atoms with Crippen LogP contribution in [0.25, 0.3) is 0 Å². The van der Waals surface area contributed by atoms with Crippen LogP contribution in [0.5, 0.6) is 0 Å². The first kappa shape index (κ1) is 10.9. The summed E-state index contributed by atoms with van der Waals surface area (Å²) < 4.78 is 0. The lowest BCUT2D eigenvalue weighted by atomic mass is 9.82. The normalized spacial score (nSPS) is 35.7. The van der Waals surface area contributed by atoms with Gasteiger partial charge in [-0.05, 0) is 38.1 Å². The number of piperidine rings is 1. The third-order valence-electron chi connectivity index (χ3n) is 3.40. The fourth-order valence-electron chi connectivity index (χ4n) is 2.31. The Morgan fingerprint density at radius 2 is 2.20 bits per heavy atom. The predicted octanol–water partition coefficient (Wildman–Crippen LogP) is 0.0156. The van der Waals surface area contributed by atoms with E-state index in [1.165, 1.54) is 6.42 Å². The molecule has 0 aromatic heterocycles. The van der Waals surface area contributed by atoms with Crippen LogP contribution in [0.4, 0.5) is 0 Å². The molecule has 3 N–H and O–H groups in total. The summed E-state index contributed by atoms with van der Waals surface area (Å²) >= 11 is 0. The summed E-state index contributed by atoms with van der Waals surface area (Å²) in [5.74, 6) is 0.628. The Morgan fingerprint density at radius 1 is 1.40 bits per heavy atom. The number of hydrogen-bond donors (Lipinski definition) is 3. The van der Waals surface area contributed by atoms with Crippen molar-refractivity contribution in [2.75, 3.05) is 13.1 Å². The van der Waals surface area contributed by atoms with Crippen LogP contribution in [0.2, 0.25) is 0 Å². The van der Waals surface area contributed by atoms with Crippen molar-refractivity contribution in [3.63, 3.8) is 0 Å². The van der Waals surface area contributed by atoms with Gasteiger partial charge in [0, 0.05) is 6.54 Å². The molecule has 0 radical (unpaired) electrons. The van der Waals surface area contributed by atoms with Crippen molar-refractivity contribution >= 4 is 5.91 Å². The summed E-state index contributed by atoms with van der Waals surface area (Å²) in [6.07, 6.45) is 4.85. The zero-order chi connectivity index (χ0) is 10.7. The van der Waals surface area contributed by atoms with Crippen molar-refractivity contribution < 1.29 is 9.90 Å². The van der Waals surface area contributed by atoms with Gasteiger partial charge in [0.1, 0.15) is 0 Å². The fourth-order valence-corrected chi connectivity index (χ4v) is 2.31. The molecule has 0 aromatic carbocycles. The number of amides is 1. The predicted molar refractivity (Wildman–Crippen MR) is 57.4 cm³/mol. The standard InChI is InChI=1S/C11H20N2O2/c14-9-5-8(6-9)7-13-11(15)10-3-1-2-4-12-10/h8-10,12,14H,1-7H2,(H,13,15)/t8?,9?,10-/m1/s1. The molecule has 4 heteroatoms. The number of aliphatic hydroxyl groups excluding tert-OH is 1. The van der Waals surface area contributed by atoms with E-state index in [0.717, 1.165) is 38.8 Å². The highest BCUT2D eigenvalue weighted by Gasteiger charge is 2.28. The fraction of sp³-hybridized carbons (Fsp3) is 0.909. The van der Waals surface area contributed by atoms with Gasteiger partial charge in [-0.1, -0.05) is 6.42 Å². The second-order valence-electron chi connectivity index (χ2n) is 4.74. The van der Waals surface area contributed by atoms with Crippen LogP contribution < -0.4 is 10.6 Å². The van der Waals surface area contributed by atoms with E-state index in [2.05, 4.69) is 10.6 Å². The highest BCUT2D eigenvalue weighted by atomic mass is 16.3. The van der Waals surface area contributed by atoms with Gasteiger partial charge in [-0.15, -0.1) is 0 Å². The quantitative estimate of drug-likeness (QED) is 0.618. The summed E-state index contributed by atoms with van der Waals surface area (Å²) in [4.78, 5) is 11.7. The first-order valence-electron chi connectivity index (χ1n) is 5.95. The van der Waals surface area contributed by atoms with Gasteiger partial charge >= 0.3 is 0 Å². The Hall–Kier alpha value is -0.610. The zero-order valence-corrected chi connectivity index (χ0v) is 9.04. The molecular formula is C11H20N2O2. The molecule has 0 unspecified atom stereocenters. The van der Waals surface area contributed by atoms with Crippen molar-refractivity contribution in [2.24, 2.45) is 5.92 Å². The lowest BCUT2D eigenvalue weighted by Crippen LogP contribution is -2.48. The molecule has 1 heterocycles. The Labute approximate surface area is 90.4 Å². The largest absolute Gasteiger partial charge is 0.393 e. The Morgan fingerprint density at radius 3 is 2.80 bits per heavy atom. The number of carbonyl (C=O) groups is 1. The molecule has 1 atom stereocenters. The van der Waals surface area contributed by atoms with Crippen LogP contribution in [0.15, 0.2) is 0 Å². The van der Waals surface area contributed by atoms with Crippen molar-refractivity contribution in [3.8, 4) is 0 Å². The Balaban J connectivity index is 1.63. The summed E-state index contributed by atoms with van der Waals surface area (Å²) in [6, 6.07) is 0.0174. The molecule has 86 valence electrons. The van der Waals surface area contributed by atoms with Gasteiger partial charge in [0.15, 0.2) is 0 Å². The van der Waals surface area contributed by atoms with Gasteiger partial charge in [-0.3, -0.25) is 4.79 Å². The molecule has 0 bridgehead atoms. The van der Waals surface area contributed by atoms with Gasteiger partial charge < -0.3 is 15.7 Å². The molecule has 1 aliphatic heterocycles. The van der Waals surface area contributed by atoms with E-state index >= 15 is 0 Å². The highest BCUT2D eigenvalue weighted by Crippen LogP contribution is 2.26. The number of hydrogen-bond acceptors (Lipinski definition) is 3. The summed E-state index contributed by atoms with van der Waals surface area (Å²) in [5, 5.41) is 15.3. The van der Waals surface area contributed by atoms with Crippen LogP contribution in [0.3, 0.4) is 0 Å². The molecule has 1 amide bonds. The molecule has 2 aliphatic rings. The van der Waals surface area contributed by atoms with Gasteiger partial charge in [-0.25, -0.2) is 0 Å². The molecule has 1 saturated carbocycles. The van der Waals surface area contributed by atoms with Crippen molar-refractivity contribution in [3.05, 3.63) is 0 Å². The molecule has 2 rings (SSSR count). The van der Waals surface area contributed by atoms with Crippen LogP contribution in [0, 0.1) is 5.92 Å². The summed E-state index contributed by atoms with van der Waals surface area (Å²) in [5.41, 5.74) is 0. The number of rotatable bonds is 3. The molecule has 0 spiro atoms. The average molecular weight is 212 g/mol. The monoisotopic (exact) mass is 212 g/mol. The lowest BCUT2D eigenvalue weighted by molar-refractivity contribution is -0.124. The molecule has 15 heavy (non-hydrogen) atoms. The van der Waals surface area contributed by atoms with Gasteiger partial charge in [0.05, 0.1) is 12.1 Å². The first-order valence-corrected chi connectivity index (χ1v) is 5.95. The summed E-state index contributed by atoms with van der Waals surface area (Å²) in [6.45, 7) is 1.69. The minimum Gasteiger partial charge on any atom is -0.393 e. The Bertz CT molecular complexity index is 221. The number of nitrogens with one attached hydrogen (secondary N) is 2. The summed E-state index contributed by atoms with van der Waals surface area (Å²) in [7, 11) is 0. The smallest absolute Gasteiger partial charge is 0.237 e. The van der Waals surface area contributed by atoms with Crippen LogP contribution >= 0.6 is 0 Å². The molecule has 0 aromatic rings. The van der Waals surface area contributed by atoms with E-state index in [1.807, 2.05) is 0 Å². The number of aliphatic hydroxyl groups is 1. The molecule has 4 nitrogen and oxygen atoms in total. The average Bonchev–Trinajstić information content (AvgIpc) is 2.23. The molecule has 1 aliphatic carbocycles. The van der Waals surface area contributed by atoms with E-state index in [4.69, 9.17) is 5.11 Å². The van der Waals surface area contributed by atoms with Crippen LogP contribution in [0.1, 0.15) is 32.1 Å². The Kier molecular flexibility index (Phi) is 3.59. The third-order valence-corrected chi connectivity index (χ3v) is 3.40. The SMILES string of the molecule is O=C(NCC1CC(O)C1)[C@H]1CCCCN1. The van der Waals surface area contributed by atoms with E-state index < -0.39 is 0 Å². The lowest BCUT2D eigenvalue weighted by Gasteiger charge is -2.32. The van der Waals surface area contributed by atoms with E-state index in [1.54, 1.807) is 0 Å². The van der Waals surface area contributed by atoms with Gasteiger partial charge in [0.25, 0.3) is 0 Å². The van der Waals surface area contributed by atoms with Crippen LogP contribution in [-0.4, -0.2) is 36.2 Å². The maximum atomic E-state index is 11.7. The van der Waals surface area contributed by atoms with E-state index in [0.29, 0.717) is 5.92 Å². The van der Waals surface area contributed by atoms with E-state index in [9.17, 15) is 4.79 Å². The minimum absolute atomic E-state index is 0.0174. The third kappa shape index (κ3) is 2.92. The van der Waals surface area contributed by atoms with Crippen molar-refractivity contribution in [1.29, 1.82) is 0 Å². The molecular weight excluding hydrogens is 192 g/mol.